The molecule has 2 rings (SSSR count). The monoisotopic (exact) mass is 220 g/mol. The molecule has 1 unspecified atom stereocenters. The van der Waals surface area contributed by atoms with Gasteiger partial charge in [0.05, 0.1) is 6.07 Å². The van der Waals surface area contributed by atoms with Crippen molar-refractivity contribution in [1.29, 1.82) is 5.26 Å². The molecule has 0 saturated heterocycles. The largest absolute Gasteiger partial charge is 0.296 e. The van der Waals surface area contributed by atoms with Crippen molar-refractivity contribution in [2.75, 3.05) is 13.1 Å². The summed E-state index contributed by atoms with van der Waals surface area (Å²) in [5.74, 6) is 0. The van der Waals surface area contributed by atoms with E-state index in [-0.39, 0.29) is 0 Å². The molecule has 1 heterocycles. The van der Waals surface area contributed by atoms with E-state index in [2.05, 4.69) is 35.2 Å². The van der Waals surface area contributed by atoms with Crippen molar-refractivity contribution in [2.24, 2.45) is 0 Å². The summed E-state index contributed by atoms with van der Waals surface area (Å²) >= 11 is 5.82. The van der Waals surface area contributed by atoms with Crippen LogP contribution in [-0.2, 0) is 13.0 Å². The van der Waals surface area contributed by atoms with Crippen LogP contribution >= 0.6 is 11.6 Å². The van der Waals surface area contributed by atoms with Gasteiger partial charge in [-0.05, 0) is 17.5 Å². The van der Waals surface area contributed by atoms with Gasteiger partial charge in [-0.25, -0.2) is 0 Å². The lowest BCUT2D eigenvalue weighted by molar-refractivity contribution is 0.261. The maximum Gasteiger partial charge on any atom is 0.133 e. The maximum absolute atomic E-state index is 8.65. The van der Waals surface area contributed by atoms with Crippen LogP contribution in [0.2, 0.25) is 0 Å². The Morgan fingerprint density at radius 3 is 2.87 bits per heavy atom. The lowest BCUT2D eigenvalue weighted by Crippen LogP contribution is -2.34. The molecule has 1 aromatic carbocycles. The van der Waals surface area contributed by atoms with E-state index in [1.807, 2.05) is 0 Å². The molecule has 0 amide bonds. The van der Waals surface area contributed by atoms with Gasteiger partial charge in [-0.15, -0.1) is 11.6 Å². The molecule has 0 bridgehead atoms. The lowest BCUT2D eigenvalue weighted by atomic mass is 10.00. The van der Waals surface area contributed by atoms with Crippen LogP contribution in [0.4, 0.5) is 0 Å². The Bertz CT molecular complexity index is 383. The fourth-order valence-electron chi connectivity index (χ4n) is 1.98. The Morgan fingerprint density at radius 2 is 2.13 bits per heavy atom. The minimum Gasteiger partial charge on any atom is -0.296 e. The predicted octanol–water partition coefficient (Wildman–Crippen LogP) is 2.18. The number of fused-ring (bicyclic) bond motifs is 1. The third kappa shape index (κ3) is 2.50. The smallest absolute Gasteiger partial charge is 0.133 e. The van der Waals surface area contributed by atoms with Gasteiger partial charge >= 0.3 is 0 Å². The van der Waals surface area contributed by atoms with Gasteiger partial charge in [-0.3, -0.25) is 4.90 Å². The Hall–Kier alpha value is -1.04. The summed E-state index contributed by atoms with van der Waals surface area (Å²) in [6.07, 6.45) is 1.06. The van der Waals surface area contributed by atoms with Crippen molar-refractivity contribution >= 4 is 11.6 Å². The molecule has 0 saturated carbocycles. The Labute approximate surface area is 95.1 Å². The van der Waals surface area contributed by atoms with Gasteiger partial charge in [0.1, 0.15) is 5.38 Å². The first-order valence-electron chi connectivity index (χ1n) is 5.12. The molecule has 15 heavy (non-hydrogen) atoms. The normalized spacial score (nSPS) is 17.9. The van der Waals surface area contributed by atoms with Gasteiger partial charge < -0.3 is 0 Å². The molecule has 0 aliphatic carbocycles. The Morgan fingerprint density at radius 1 is 1.40 bits per heavy atom. The van der Waals surface area contributed by atoms with E-state index in [4.69, 9.17) is 16.9 Å². The van der Waals surface area contributed by atoms with Crippen molar-refractivity contribution in [3.05, 3.63) is 35.4 Å². The van der Waals surface area contributed by atoms with E-state index in [1.165, 1.54) is 11.1 Å². The van der Waals surface area contributed by atoms with E-state index in [0.717, 1.165) is 19.5 Å². The standard InChI is InChI=1S/C12H13ClN2/c13-12(7-14)9-15-6-5-10-3-1-2-4-11(10)8-15/h1-4,12H,5-6,8-9H2. The molecule has 1 aliphatic heterocycles. The summed E-state index contributed by atoms with van der Waals surface area (Å²) < 4.78 is 0. The predicted molar refractivity (Wildman–Crippen MR) is 60.7 cm³/mol. The van der Waals surface area contributed by atoms with Gasteiger partial charge in [0.2, 0.25) is 0 Å². The second-order valence-corrected chi connectivity index (χ2v) is 4.38. The molecular weight excluding hydrogens is 208 g/mol. The Kier molecular flexibility index (Phi) is 3.25. The van der Waals surface area contributed by atoms with Crippen LogP contribution in [0.1, 0.15) is 11.1 Å². The summed E-state index contributed by atoms with van der Waals surface area (Å²) in [5, 5.41) is 8.26. The van der Waals surface area contributed by atoms with Gasteiger partial charge in [0.25, 0.3) is 0 Å². The molecule has 0 N–H and O–H groups in total. The molecule has 3 heteroatoms. The summed E-state index contributed by atoms with van der Waals surface area (Å²) in [7, 11) is 0. The SMILES string of the molecule is N#CC(Cl)CN1CCc2ccccc2C1. The topological polar surface area (TPSA) is 27.0 Å². The van der Waals surface area contributed by atoms with Crippen LogP contribution in [-0.4, -0.2) is 23.4 Å². The average Bonchev–Trinajstić information content (AvgIpc) is 2.29. The number of hydrogen-bond donors (Lipinski definition) is 0. The number of halogens is 1. The van der Waals surface area contributed by atoms with Crippen molar-refractivity contribution < 1.29 is 0 Å². The molecule has 1 aliphatic rings. The third-order valence-electron chi connectivity index (χ3n) is 2.77. The van der Waals surface area contributed by atoms with Crippen molar-refractivity contribution in [2.45, 2.75) is 18.3 Å². The summed E-state index contributed by atoms with van der Waals surface area (Å²) in [6, 6.07) is 10.5. The van der Waals surface area contributed by atoms with Gasteiger partial charge in [0, 0.05) is 19.6 Å². The number of rotatable bonds is 2. The third-order valence-corrected chi connectivity index (χ3v) is 3.00. The highest BCUT2D eigenvalue weighted by Gasteiger charge is 2.17. The number of hydrogen-bond acceptors (Lipinski definition) is 2. The van der Waals surface area contributed by atoms with Gasteiger partial charge in [-0.2, -0.15) is 5.26 Å². The fraction of sp³-hybridized carbons (Fsp3) is 0.417. The zero-order chi connectivity index (χ0) is 10.7. The van der Waals surface area contributed by atoms with Gasteiger partial charge in [0.15, 0.2) is 0 Å². The second kappa shape index (κ2) is 4.65. The van der Waals surface area contributed by atoms with Crippen LogP contribution in [0.5, 0.6) is 0 Å². The minimum atomic E-state index is -0.393. The van der Waals surface area contributed by atoms with E-state index < -0.39 is 5.38 Å². The van der Waals surface area contributed by atoms with E-state index in [1.54, 1.807) is 0 Å². The van der Waals surface area contributed by atoms with Crippen molar-refractivity contribution in [1.82, 2.24) is 4.90 Å². The van der Waals surface area contributed by atoms with E-state index >= 15 is 0 Å². The lowest BCUT2D eigenvalue weighted by Gasteiger charge is -2.28. The zero-order valence-electron chi connectivity index (χ0n) is 8.49. The van der Waals surface area contributed by atoms with Gasteiger partial charge in [-0.1, -0.05) is 24.3 Å². The van der Waals surface area contributed by atoms with Crippen LogP contribution in [0, 0.1) is 11.3 Å². The highest BCUT2D eigenvalue weighted by molar-refractivity contribution is 6.22. The van der Waals surface area contributed by atoms with Crippen LogP contribution in [0.25, 0.3) is 0 Å². The quantitative estimate of drug-likeness (QED) is 0.715. The van der Waals surface area contributed by atoms with Crippen molar-refractivity contribution in [3.8, 4) is 6.07 Å². The zero-order valence-corrected chi connectivity index (χ0v) is 9.24. The first-order valence-corrected chi connectivity index (χ1v) is 5.56. The Balaban J connectivity index is 2.03. The highest BCUT2D eigenvalue weighted by Crippen LogP contribution is 2.18. The average molecular weight is 221 g/mol. The number of nitriles is 1. The molecular formula is C12H13ClN2. The first-order chi connectivity index (χ1) is 7.29. The van der Waals surface area contributed by atoms with E-state index in [0.29, 0.717) is 6.54 Å². The number of benzene rings is 1. The molecule has 2 nitrogen and oxygen atoms in total. The number of alkyl halides is 1. The second-order valence-electron chi connectivity index (χ2n) is 3.85. The van der Waals surface area contributed by atoms with E-state index in [9.17, 15) is 0 Å². The van der Waals surface area contributed by atoms with Crippen molar-refractivity contribution in [3.63, 3.8) is 0 Å². The molecule has 0 fully saturated rings. The summed E-state index contributed by atoms with van der Waals surface area (Å²) in [5.41, 5.74) is 2.79. The molecule has 0 radical (unpaired) electrons. The summed E-state index contributed by atoms with van der Waals surface area (Å²) in [4.78, 5) is 2.24. The maximum atomic E-state index is 8.65. The molecule has 78 valence electrons. The minimum absolute atomic E-state index is 0.393. The van der Waals surface area contributed by atoms with Crippen LogP contribution in [0.15, 0.2) is 24.3 Å². The van der Waals surface area contributed by atoms with Crippen LogP contribution < -0.4 is 0 Å². The highest BCUT2D eigenvalue weighted by atomic mass is 35.5. The number of nitrogens with zero attached hydrogens (tertiary/aromatic N) is 2. The van der Waals surface area contributed by atoms with Crippen LogP contribution in [0.3, 0.4) is 0 Å². The first kappa shape index (κ1) is 10.5. The molecule has 1 aromatic rings. The fourth-order valence-corrected chi connectivity index (χ4v) is 2.17. The summed E-state index contributed by atoms with van der Waals surface area (Å²) in [6.45, 7) is 2.58. The molecule has 0 aromatic heterocycles. The molecule has 1 atom stereocenters. The molecule has 0 spiro atoms.